The van der Waals surface area contributed by atoms with Crippen LogP contribution in [-0.2, 0) is 32.9 Å². The lowest BCUT2D eigenvalue weighted by molar-refractivity contribution is -0.161. The summed E-state index contributed by atoms with van der Waals surface area (Å²) in [5.74, 6) is -0.879. The summed E-state index contributed by atoms with van der Waals surface area (Å²) >= 11 is 0. The zero-order valence-electron chi connectivity index (χ0n) is 32.0. The number of esters is 2. The maximum atomic E-state index is 12.4. The van der Waals surface area contributed by atoms with Gasteiger partial charge in [0.1, 0.15) is 6.61 Å². The van der Waals surface area contributed by atoms with Crippen LogP contribution in [0.15, 0.2) is 48.6 Å². The number of allylic oxidation sites excluding steroid dienone is 8. The van der Waals surface area contributed by atoms with Gasteiger partial charge in [0.15, 0.2) is 11.9 Å². The molecule has 0 aliphatic carbocycles. The standard InChI is InChI=1S/C41H71O9P/c1-3-5-7-9-11-12-13-14-15-16-17-18-19-20-22-26-30-34-40(43)48-36-39(37-49-51(45,46)47)50-41(44)35-31-27-23-25-29-33-38(42)32-28-24-21-10-8-6-4-2/h11-12,14-15,21,24,28,32,39H,3-10,13,16-20,22-23,25-27,29-31,33-37H2,1-2H3,(H2,45,46,47)/b12-11-,15-14-,24-21-,32-28+/t39-/m1/s1. The number of ether oxygens (including phenoxy) is 2. The van der Waals surface area contributed by atoms with Gasteiger partial charge in [0.05, 0.1) is 6.61 Å². The van der Waals surface area contributed by atoms with Crippen molar-refractivity contribution in [1.29, 1.82) is 0 Å². The van der Waals surface area contributed by atoms with E-state index in [0.29, 0.717) is 19.3 Å². The largest absolute Gasteiger partial charge is 0.469 e. The van der Waals surface area contributed by atoms with Crippen LogP contribution < -0.4 is 0 Å². The van der Waals surface area contributed by atoms with Gasteiger partial charge in [-0.3, -0.25) is 18.9 Å². The Morgan fingerprint density at radius 2 is 1.06 bits per heavy atom. The number of ketones is 1. The molecule has 294 valence electrons. The van der Waals surface area contributed by atoms with Gasteiger partial charge in [0, 0.05) is 19.3 Å². The Morgan fingerprint density at radius 1 is 0.569 bits per heavy atom. The van der Waals surface area contributed by atoms with Gasteiger partial charge in [-0.2, -0.15) is 0 Å². The number of hydrogen-bond donors (Lipinski definition) is 2. The molecule has 0 aliphatic rings. The first kappa shape index (κ1) is 48.7. The summed E-state index contributed by atoms with van der Waals surface area (Å²) in [7, 11) is -4.79. The molecule has 10 heteroatoms. The van der Waals surface area contributed by atoms with E-state index in [9.17, 15) is 18.9 Å². The van der Waals surface area contributed by atoms with Gasteiger partial charge in [-0.15, -0.1) is 0 Å². The van der Waals surface area contributed by atoms with E-state index in [1.54, 1.807) is 12.2 Å². The van der Waals surface area contributed by atoms with Crippen LogP contribution >= 0.6 is 7.82 Å². The monoisotopic (exact) mass is 738 g/mol. The molecule has 0 saturated carbocycles. The summed E-state index contributed by atoms with van der Waals surface area (Å²) in [6.45, 7) is 3.49. The molecule has 0 spiro atoms. The van der Waals surface area contributed by atoms with Crippen LogP contribution in [0.5, 0.6) is 0 Å². The highest BCUT2D eigenvalue weighted by Crippen LogP contribution is 2.36. The third-order valence-electron chi connectivity index (χ3n) is 8.30. The van der Waals surface area contributed by atoms with Crippen molar-refractivity contribution < 1.29 is 42.7 Å². The van der Waals surface area contributed by atoms with E-state index in [4.69, 9.17) is 19.3 Å². The van der Waals surface area contributed by atoms with Crippen LogP contribution in [0, 0.1) is 0 Å². The van der Waals surface area contributed by atoms with Gasteiger partial charge in [-0.25, -0.2) is 4.57 Å². The van der Waals surface area contributed by atoms with Crippen molar-refractivity contribution in [3.8, 4) is 0 Å². The number of unbranched alkanes of at least 4 members (excludes halogenated alkanes) is 17. The van der Waals surface area contributed by atoms with Crippen LogP contribution in [0.3, 0.4) is 0 Å². The van der Waals surface area contributed by atoms with Gasteiger partial charge < -0.3 is 19.3 Å². The Bertz CT molecular complexity index is 1030. The lowest BCUT2D eigenvalue weighted by Crippen LogP contribution is -2.29. The number of carbonyl (C=O) groups is 3. The smallest absolute Gasteiger partial charge is 0.462 e. The SMILES string of the molecule is CCCCC/C=C\C=C\C(=O)CCCCCCCC(=O)O[C@H](COC(=O)CCCCCCCCC/C=C\C/C=C\CCCCC)COP(=O)(O)O. The number of hydrogen-bond acceptors (Lipinski definition) is 7. The van der Waals surface area contributed by atoms with E-state index < -0.39 is 32.5 Å². The normalized spacial score (nSPS) is 12.9. The predicted octanol–water partition coefficient (Wildman–Crippen LogP) is 11.1. The maximum Gasteiger partial charge on any atom is 0.469 e. The molecule has 9 nitrogen and oxygen atoms in total. The van der Waals surface area contributed by atoms with Crippen LogP contribution in [0.4, 0.5) is 0 Å². The van der Waals surface area contributed by atoms with Gasteiger partial charge in [-0.1, -0.05) is 133 Å². The lowest BCUT2D eigenvalue weighted by atomic mass is 10.1. The Labute approximate surface area is 310 Å². The third kappa shape index (κ3) is 38.7. The molecule has 0 aromatic heterocycles. The molecule has 0 heterocycles. The van der Waals surface area contributed by atoms with Crippen LogP contribution in [0.1, 0.15) is 174 Å². The quantitative estimate of drug-likeness (QED) is 0.0161. The minimum Gasteiger partial charge on any atom is -0.462 e. The van der Waals surface area contributed by atoms with Gasteiger partial charge in [0.25, 0.3) is 0 Å². The Morgan fingerprint density at radius 3 is 1.63 bits per heavy atom. The highest BCUT2D eigenvalue weighted by atomic mass is 31.2. The van der Waals surface area contributed by atoms with Crippen molar-refractivity contribution in [3.63, 3.8) is 0 Å². The molecule has 0 fully saturated rings. The van der Waals surface area contributed by atoms with Crippen molar-refractivity contribution >= 4 is 25.5 Å². The zero-order valence-corrected chi connectivity index (χ0v) is 32.9. The molecule has 51 heavy (non-hydrogen) atoms. The molecular weight excluding hydrogens is 667 g/mol. The minimum absolute atomic E-state index is 0.109. The van der Waals surface area contributed by atoms with Crippen LogP contribution in [0.2, 0.25) is 0 Å². The molecule has 0 amide bonds. The minimum atomic E-state index is -4.79. The number of carbonyl (C=O) groups excluding carboxylic acids is 3. The zero-order chi connectivity index (χ0) is 37.7. The molecule has 0 aromatic carbocycles. The van der Waals surface area contributed by atoms with E-state index in [2.05, 4.69) is 48.8 Å². The van der Waals surface area contributed by atoms with Crippen molar-refractivity contribution in [2.75, 3.05) is 13.2 Å². The van der Waals surface area contributed by atoms with Crippen molar-refractivity contribution in [1.82, 2.24) is 0 Å². The number of phosphoric acid groups is 1. The summed E-state index contributed by atoms with van der Waals surface area (Å²) < 4.78 is 26.3. The van der Waals surface area contributed by atoms with Crippen LogP contribution in [0.25, 0.3) is 0 Å². The van der Waals surface area contributed by atoms with E-state index >= 15 is 0 Å². The maximum absolute atomic E-state index is 12.4. The summed E-state index contributed by atoms with van der Waals surface area (Å²) in [4.78, 5) is 54.7. The molecule has 0 rings (SSSR count). The molecular formula is C41H71O9P. The summed E-state index contributed by atoms with van der Waals surface area (Å²) in [6, 6.07) is 0. The third-order valence-corrected chi connectivity index (χ3v) is 8.78. The average molecular weight is 739 g/mol. The number of phosphoric ester groups is 1. The van der Waals surface area contributed by atoms with Crippen LogP contribution in [-0.4, -0.2) is 46.8 Å². The Balaban J connectivity index is 4.05. The molecule has 1 atom stereocenters. The fourth-order valence-electron chi connectivity index (χ4n) is 5.27. The molecule has 0 saturated heterocycles. The second kappa shape index (κ2) is 36.1. The van der Waals surface area contributed by atoms with E-state index in [1.807, 2.05) is 6.08 Å². The van der Waals surface area contributed by atoms with Gasteiger partial charge in [0.2, 0.25) is 0 Å². The van der Waals surface area contributed by atoms with Crippen molar-refractivity contribution in [2.24, 2.45) is 0 Å². The van der Waals surface area contributed by atoms with Crippen molar-refractivity contribution in [3.05, 3.63) is 48.6 Å². The molecule has 0 radical (unpaired) electrons. The summed E-state index contributed by atoms with van der Waals surface area (Å²) in [5, 5.41) is 0. The predicted molar refractivity (Wildman–Crippen MR) is 207 cm³/mol. The molecule has 0 aromatic rings. The first-order valence-electron chi connectivity index (χ1n) is 19.9. The van der Waals surface area contributed by atoms with E-state index in [-0.39, 0.29) is 25.2 Å². The van der Waals surface area contributed by atoms with Gasteiger partial charge in [-0.05, 0) is 70.3 Å². The Hall–Kier alpha value is -2.32. The van der Waals surface area contributed by atoms with Gasteiger partial charge >= 0.3 is 19.8 Å². The molecule has 0 bridgehead atoms. The van der Waals surface area contributed by atoms with E-state index in [0.717, 1.165) is 64.2 Å². The first-order chi connectivity index (χ1) is 24.7. The highest BCUT2D eigenvalue weighted by Gasteiger charge is 2.22. The Kier molecular flexibility index (Phi) is 34.4. The highest BCUT2D eigenvalue weighted by molar-refractivity contribution is 7.46. The topological polar surface area (TPSA) is 136 Å². The fourth-order valence-corrected chi connectivity index (χ4v) is 5.63. The number of rotatable bonds is 36. The first-order valence-corrected chi connectivity index (χ1v) is 21.4. The summed E-state index contributed by atoms with van der Waals surface area (Å²) in [5.41, 5.74) is 0. The second-order valence-corrected chi connectivity index (χ2v) is 14.5. The lowest BCUT2D eigenvalue weighted by Gasteiger charge is -2.18. The van der Waals surface area contributed by atoms with Crippen molar-refractivity contribution in [2.45, 2.75) is 180 Å². The van der Waals surface area contributed by atoms with E-state index in [1.165, 1.54) is 64.2 Å². The molecule has 2 N–H and O–H groups in total. The second-order valence-electron chi connectivity index (χ2n) is 13.3. The molecule has 0 unspecified atom stereocenters. The summed E-state index contributed by atoms with van der Waals surface area (Å²) in [6.07, 6.45) is 39.3. The fraction of sp³-hybridized carbons (Fsp3) is 0.732. The molecule has 0 aliphatic heterocycles. The average Bonchev–Trinajstić information content (AvgIpc) is 3.09.